The van der Waals surface area contributed by atoms with Crippen LogP contribution in [0.4, 0.5) is 0 Å². The molecule has 0 aliphatic carbocycles. The van der Waals surface area contributed by atoms with Crippen molar-refractivity contribution >= 4 is 32.3 Å². The van der Waals surface area contributed by atoms with Crippen molar-refractivity contribution in [2.45, 2.75) is 0 Å². The summed E-state index contributed by atoms with van der Waals surface area (Å²) in [4.78, 5) is 37.6. The first kappa shape index (κ1) is 38.5. The normalized spacial score (nSPS) is 11.3. The van der Waals surface area contributed by atoms with Crippen molar-refractivity contribution in [2.24, 2.45) is 0 Å². The Morgan fingerprint density at radius 2 is 0.439 bits per heavy atom. The molecule has 0 atom stereocenters. The van der Waals surface area contributed by atoms with Crippen molar-refractivity contribution in [3.05, 3.63) is 219 Å². The third-order valence-electron chi connectivity index (χ3n) is 12.1. The zero-order chi connectivity index (χ0) is 43.8. The highest BCUT2D eigenvalue weighted by Gasteiger charge is 2.14. The third kappa shape index (κ3) is 7.28. The number of pyridine rings is 8. The summed E-state index contributed by atoms with van der Waals surface area (Å²) in [5, 5.41) is 7.14. The summed E-state index contributed by atoms with van der Waals surface area (Å²) in [6.07, 6.45) is 14.8. The lowest BCUT2D eigenvalue weighted by Crippen LogP contribution is -1.91. The van der Waals surface area contributed by atoms with E-state index in [-0.39, 0.29) is 0 Å². The van der Waals surface area contributed by atoms with Crippen molar-refractivity contribution in [3.63, 3.8) is 0 Å². The van der Waals surface area contributed by atoms with E-state index in [1.807, 2.05) is 110 Å². The molecule has 4 aromatic carbocycles. The van der Waals surface area contributed by atoms with Gasteiger partial charge in [-0.2, -0.15) is 0 Å². The van der Waals surface area contributed by atoms with Crippen molar-refractivity contribution in [1.82, 2.24) is 39.9 Å². The molecular formula is C58H36N8. The van der Waals surface area contributed by atoms with Gasteiger partial charge in [-0.1, -0.05) is 60.7 Å². The molecule has 12 rings (SSSR count). The molecule has 308 valence electrons. The van der Waals surface area contributed by atoms with E-state index in [0.29, 0.717) is 0 Å². The van der Waals surface area contributed by atoms with Crippen LogP contribution in [0.25, 0.3) is 122 Å². The SMILES string of the molecule is c1ccc(-c2ccc(-c3ccc(-c4ccc(-c5ccc6c7ccc(-c8ccc(-c9ccc(-c%10ccc(-c%11ccccn%11)cn%10)cn9)cn8)cc7c7ccccc7c6c5)nc4)nc3)nc2)nc1. The summed E-state index contributed by atoms with van der Waals surface area (Å²) in [5.74, 6) is 0. The lowest BCUT2D eigenvalue weighted by Gasteiger charge is -2.13. The third-order valence-corrected chi connectivity index (χ3v) is 12.1. The Bertz CT molecular complexity index is 3410. The second kappa shape index (κ2) is 16.5. The second-order valence-corrected chi connectivity index (χ2v) is 16.1. The van der Waals surface area contributed by atoms with Gasteiger partial charge >= 0.3 is 0 Å². The largest absolute Gasteiger partial charge is 0.256 e. The van der Waals surface area contributed by atoms with Crippen LogP contribution in [0, 0.1) is 0 Å². The van der Waals surface area contributed by atoms with E-state index >= 15 is 0 Å². The first-order valence-electron chi connectivity index (χ1n) is 21.7. The zero-order valence-electron chi connectivity index (χ0n) is 35.4. The fourth-order valence-electron chi connectivity index (χ4n) is 8.64. The number of aromatic nitrogens is 8. The molecule has 0 fully saturated rings. The molecule has 8 aromatic heterocycles. The highest BCUT2D eigenvalue weighted by molar-refractivity contribution is 6.26. The Hall–Kier alpha value is -9.14. The molecule has 0 aliphatic heterocycles. The molecule has 0 saturated carbocycles. The van der Waals surface area contributed by atoms with E-state index in [2.05, 4.69) is 117 Å². The molecule has 66 heavy (non-hydrogen) atoms. The lowest BCUT2D eigenvalue weighted by atomic mass is 9.91. The molecule has 0 N–H and O–H groups in total. The molecule has 8 heterocycles. The van der Waals surface area contributed by atoms with Gasteiger partial charge in [0.25, 0.3) is 0 Å². The van der Waals surface area contributed by atoms with Crippen LogP contribution >= 0.6 is 0 Å². The Labute approximate surface area is 380 Å². The number of benzene rings is 4. The molecule has 8 nitrogen and oxygen atoms in total. The summed E-state index contributed by atoms with van der Waals surface area (Å²) < 4.78 is 0. The quantitative estimate of drug-likeness (QED) is 0.139. The van der Waals surface area contributed by atoms with Crippen LogP contribution in [0.2, 0.25) is 0 Å². The molecular weight excluding hydrogens is 809 g/mol. The highest BCUT2D eigenvalue weighted by Crippen LogP contribution is 2.39. The molecule has 0 unspecified atom stereocenters. The van der Waals surface area contributed by atoms with Crippen LogP contribution in [0.15, 0.2) is 219 Å². The van der Waals surface area contributed by atoms with Gasteiger partial charge < -0.3 is 0 Å². The Balaban J connectivity index is 0.779. The molecule has 0 saturated heterocycles. The molecule has 0 radical (unpaired) electrons. The van der Waals surface area contributed by atoms with Gasteiger partial charge in [-0.05, 0) is 142 Å². The van der Waals surface area contributed by atoms with E-state index in [9.17, 15) is 0 Å². The van der Waals surface area contributed by atoms with Crippen LogP contribution in [-0.2, 0) is 0 Å². The van der Waals surface area contributed by atoms with E-state index < -0.39 is 0 Å². The lowest BCUT2D eigenvalue weighted by molar-refractivity contribution is 1.25. The van der Waals surface area contributed by atoms with Crippen LogP contribution < -0.4 is 0 Å². The van der Waals surface area contributed by atoms with E-state index in [4.69, 9.17) is 19.9 Å². The summed E-state index contributed by atoms with van der Waals surface area (Å²) in [6.45, 7) is 0. The first-order chi connectivity index (χ1) is 32.7. The van der Waals surface area contributed by atoms with Crippen molar-refractivity contribution in [2.75, 3.05) is 0 Å². The molecule has 0 spiro atoms. The summed E-state index contributed by atoms with van der Waals surface area (Å²) in [6, 6.07) is 58.3. The van der Waals surface area contributed by atoms with E-state index in [1.54, 1.807) is 12.4 Å². The van der Waals surface area contributed by atoms with E-state index in [0.717, 1.165) is 90.1 Å². The Kier molecular flexibility index (Phi) is 9.65. The van der Waals surface area contributed by atoms with Gasteiger partial charge in [0.1, 0.15) is 0 Å². The second-order valence-electron chi connectivity index (χ2n) is 16.1. The van der Waals surface area contributed by atoms with Gasteiger partial charge in [0, 0.05) is 94.1 Å². The molecule has 8 heteroatoms. The minimum atomic E-state index is 0.852. The fourth-order valence-corrected chi connectivity index (χ4v) is 8.64. The number of fused-ring (bicyclic) bond motifs is 6. The first-order valence-corrected chi connectivity index (χ1v) is 21.7. The van der Waals surface area contributed by atoms with Gasteiger partial charge in [-0.25, -0.2) is 0 Å². The van der Waals surface area contributed by atoms with Crippen molar-refractivity contribution in [3.8, 4) is 90.1 Å². The minimum Gasteiger partial charge on any atom is -0.256 e. The Morgan fingerprint density at radius 1 is 0.182 bits per heavy atom. The predicted molar refractivity (Wildman–Crippen MR) is 265 cm³/mol. The molecule has 0 amide bonds. The van der Waals surface area contributed by atoms with Crippen LogP contribution in [-0.4, -0.2) is 39.9 Å². The number of hydrogen-bond donors (Lipinski definition) is 0. The standard InChI is InChI=1S/C58H36N8/c1-2-8-46-45(7-1)49-29-37(53-21-13-41(33-61-53)57-25-17-43(35-65-57)55-23-15-39(31-63-55)51-9-3-5-27-59-51)11-19-47(49)48-20-12-38(30-50(46)48)54-22-14-42(34-62-54)58-26-18-44(36-66-58)56-24-16-40(32-64-56)52-10-4-6-28-60-52/h1-36H. The fraction of sp³-hybridized carbons (Fsp3) is 0. The predicted octanol–water partition coefficient (Wildman–Crippen LogP) is 13.6. The topological polar surface area (TPSA) is 103 Å². The van der Waals surface area contributed by atoms with Crippen LogP contribution in [0.1, 0.15) is 0 Å². The molecule has 0 bridgehead atoms. The molecule has 12 aromatic rings. The van der Waals surface area contributed by atoms with Gasteiger partial charge in [0.2, 0.25) is 0 Å². The van der Waals surface area contributed by atoms with Crippen molar-refractivity contribution in [1.29, 1.82) is 0 Å². The zero-order valence-corrected chi connectivity index (χ0v) is 35.4. The maximum absolute atomic E-state index is 4.92. The average molecular weight is 845 g/mol. The summed E-state index contributed by atoms with van der Waals surface area (Å²) in [7, 11) is 0. The number of nitrogens with zero attached hydrogens (tertiary/aromatic N) is 8. The highest BCUT2D eigenvalue weighted by atomic mass is 14.8. The number of hydrogen-bond acceptors (Lipinski definition) is 8. The minimum absolute atomic E-state index is 0.852. The van der Waals surface area contributed by atoms with Gasteiger partial charge in [-0.3, -0.25) is 39.9 Å². The maximum Gasteiger partial charge on any atom is 0.0717 e. The van der Waals surface area contributed by atoms with E-state index in [1.165, 1.54) is 32.3 Å². The Morgan fingerprint density at radius 3 is 0.712 bits per heavy atom. The smallest absolute Gasteiger partial charge is 0.0717 e. The van der Waals surface area contributed by atoms with Gasteiger partial charge in [0.15, 0.2) is 0 Å². The molecule has 0 aliphatic rings. The van der Waals surface area contributed by atoms with Gasteiger partial charge in [0.05, 0.1) is 45.6 Å². The number of rotatable bonds is 8. The van der Waals surface area contributed by atoms with Gasteiger partial charge in [-0.15, -0.1) is 0 Å². The average Bonchev–Trinajstić information content (AvgIpc) is 3.41. The van der Waals surface area contributed by atoms with Crippen molar-refractivity contribution < 1.29 is 0 Å². The maximum atomic E-state index is 4.92. The monoisotopic (exact) mass is 844 g/mol. The summed E-state index contributed by atoms with van der Waals surface area (Å²) >= 11 is 0. The van der Waals surface area contributed by atoms with Crippen LogP contribution in [0.5, 0.6) is 0 Å². The van der Waals surface area contributed by atoms with Crippen LogP contribution in [0.3, 0.4) is 0 Å². The summed E-state index contributed by atoms with van der Waals surface area (Å²) in [5.41, 5.74) is 14.9.